The molecule has 8 nitrogen and oxygen atoms in total. The standard InChI is InChI=1S/C19H27N7O/c1-15-14-17(22-19(21-15)25-7-3-4-8-25)23-10-12-24(13-11-23)18(27)16(2)26-9-5-6-20-26/h5-6,9,14,16H,3-4,7-8,10-13H2,1-2H3. The van der Waals surface area contributed by atoms with Gasteiger partial charge in [-0.05, 0) is 32.8 Å². The topological polar surface area (TPSA) is 70.4 Å². The van der Waals surface area contributed by atoms with Crippen molar-refractivity contribution in [3.63, 3.8) is 0 Å². The van der Waals surface area contributed by atoms with Crippen molar-refractivity contribution in [2.45, 2.75) is 32.7 Å². The third kappa shape index (κ3) is 3.74. The molecule has 0 radical (unpaired) electrons. The summed E-state index contributed by atoms with van der Waals surface area (Å²) in [6.07, 6.45) is 5.96. The second-order valence-electron chi connectivity index (χ2n) is 7.34. The first-order chi connectivity index (χ1) is 13.1. The molecule has 1 amide bonds. The molecule has 2 saturated heterocycles. The van der Waals surface area contributed by atoms with E-state index in [1.807, 2.05) is 37.1 Å². The molecule has 1 atom stereocenters. The molecule has 4 heterocycles. The van der Waals surface area contributed by atoms with E-state index >= 15 is 0 Å². The maximum absolute atomic E-state index is 12.7. The zero-order valence-electron chi connectivity index (χ0n) is 16.1. The number of aryl methyl sites for hydroxylation is 1. The van der Waals surface area contributed by atoms with Crippen LogP contribution in [0.15, 0.2) is 24.5 Å². The van der Waals surface area contributed by atoms with Crippen LogP contribution in [0.4, 0.5) is 11.8 Å². The Labute approximate surface area is 159 Å². The molecule has 2 aromatic rings. The van der Waals surface area contributed by atoms with E-state index in [0.717, 1.165) is 43.6 Å². The lowest BCUT2D eigenvalue weighted by Gasteiger charge is -2.36. The molecular weight excluding hydrogens is 342 g/mol. The first kappa shape index (κ1) is 17.8. The number of carbonyl (C=O) groups is 1. The smallest absolute Gasteiger partial charge is 0.247 e. The summed E-state index contributed by atoms with van der Waals surface area (Å²) in [5.74, 6) is 1.93. The Bertz CT molecular complexity index is 777. The fourth-order valence-electron chi connectivity index (χ4n) is 3.80. The van der Waals surface area contributed by atoms with Crippen LogP contribution in [-0.2, 0) is 4.79 Å². The predicted molar refractivity (Wildman–Crippen MR) is 104 cm³/mol. The number of nitrogens with zero attached hydrogens (tertiary/aromatic N) is 7. The van der Waals surface area contributed by atoms with Gasteiger partial charge in [0.1, 0.15) is 11.9 Å². The number of amides is 1. The maximum Gasteiger partial charge on any atom is 0.247 e. The maximum atomic E-state index is 12.7. The molecule has 0 aliphatic carbocycles. The highest BCUT2D eigenvalue weighted by Gasteiger charge is 2.27. The van der Waals surface area contributed by atoms with Crippen LogP contribution in [0.3, 0.4) is 0 Å². The van der Waals surface area contributed by atoms with Gasteiger partial charge in [0.25, 0.3) is 0 Å². The summed E-state index contributed by atoms with van der Waals surface area (Å²) in [4.78, 5) is 28.6. The number of anilines is 2. The summed E-state index contributed by atoms with van der Waals surface area (Å²) < 4.78 is 1.71. The van der Waals surface area contributed by atoms with Gasteiger partial charge in [-0.15, -0.1) is 0 Å². The lowest BCUT2D eigenvalue weighted by molar-refractivity contribution is -0.134. The molecule has 2 aromatic heterocycles. The highest BCUT2D eigenvalue weighted by Crippen LogP contribution is 2.22. The van der Waals surface area contributed by atoms with Gasteiger partial charge in [-0.3, -0.25) is 9.48 Å². The number of hydrogen-bond acceptors (Lipinski definition) is 6. The Morgan fingerprint density at radius 1 is 1.04 bits per heavy atom. The van der Waals surface area contributed by atoms with Crippen molar-refractivity contribution in [2.75, 3.05) is 49.1 Å². The summed E-state index contributed by atoms with van der Waals surface area (Å²) in [6, 6.07) is 3.62. The number of carbonyl (C=O) groups excluding carboxylic acids is 1. The van der Waals surface area contributed by atoms with E-state index in [0.29, 0.717) is 13.1 Å². The number of rotatable bonds is 4. The van der Waals surface area contributed by atoms with E-state index in [4.69, 9.17) is 4.98 Å². The summed E-state index contributed by atoms with van der Waals surface area (Å²) in [6.45, 7) is 8.97. The van der Waals surface area contributed by atoms with E-state index < -0.39 is 0 Å². The second-order valence-corrected chi connectivity index (χ2v) is 7.34. The van der Waals surface area contributed by atoms with Crippen LogP contribution in [0.1, 0.15) is 31.5 Å². The van der Waals surface area contributed by atoms with E-state index in [-0.39, 0.29) is 11.9 Å². The van der Waals surface area contributed by atoms with Gasteiger partial charge >= 0.3 is 0 Å². The molecular formula is C19H27N7O. The Hall–Kier alpha value is -2.64. The van der Waals surface area contributed by atoms with Crippen molar-refractivity contribution < 1.29 is 4.79 Å². The van der Waals surface area contributed by atoms with Crippen LogP contribution >= 0.6 is 0 Å². The average Bonchev–Trinajstić information content (AvgIpc) is 3.40. The lowest BCUT2D eigenvalue weighted by atomic mass is 10.2. The summed E-state index contributed by atoms with van der Waals surface area (Å²) in [7, 11) is 0. The van der Waals surface area contributed by atoms with Gasteiger partial charge in [0.05, 0.1) is 0 Å². The Morgan fingerprint density at radius 3 is 2.44 bits per heavy atom. The SMILES string of the molecule is Cc1cc(N2CCN(C(=O)C(C)n3cccn3)CC2)nc(N2CCCC2)n1. The van der Waals surface area contributed by atoms with Crippen LogP contribution in [0.5, 0.6) is 0 Å². The van der Waals surface area contributed by atoms with Crippen LogP contribution in [0.2, 0.25) is 0 Å². The Balaban J connectivity index is 1.41. The van der Waals surface area contributed by atoms with Crippen LogP contribution < -0.4 is 9.80 Å². The van der Waals surface area contributed by atoms with Crippen molar-refractivity contribution in [3.05, 3.63) is 30.2 Å². The predicted octanol–water partition coefficient (Wildman–Crippen LogP) is 1.49. The first-order valence-electron chi connectivity index (χ1n) is 9.75. The molecule has 0 bridgehead atoms. The number of piperazine rings is 1. The molecule has 0 saturated carbocycles. The normalized spacial score (nSPS) is 18.8. The molecule has 0 aromatic carbocycles. The molecule has 0 spiro atoms. The fraction of sp³-hybridized carbons (Fsp3) is 0.579. The summed E-state index contributed by atoms with van der Waals surface area (Å²) >= 11 is 0. The van der Waals surface area contributed by atoms with Gasteiger partial charge in [0.2, 0.25) is 11.9 Å². The van der Waals surface area contributed by atoms with Crippen LogP contribution in [0.25, 0.3) is 0 Å². The van der Waals surface area contributed by atoms with E-state index in [1.54, 1.807) is 10.9 Å². The molecule has 144 valence electrons. The minimum absolute atomic E-state index is 0.120. The van der Waals surface area contributed by atoms with Crippen molar-refractivity contribution in [1.82, 2.24) is 24.6 Å². The molecule has 8 heteroatoms. The Kier molecular flexibility index (Phi) is 4.96. The van der Waals surface area contributed by atoms with Gasteiger partial charge in [-0.1, -0.05) is 0 Å². The zero-order valence-corrected chi connectivity index (χ0v) is 16.1. The average molecular weight is 369 g/mol. The third-order valence-electron chi connectivity index (χ3n) is 5.41. The van der Waals surface area contributed by atoms with E-state index in [1.165, 1.54) is 12.8 Å². The minimum atomic E-state index is -0.269. The summed E-state index contributed by atoms with van der Waals surface area (Å²) in [5.41, 5.74) is 0.993. The molecule has 1 unspecified atom stereocenters. The highest BCUT2D eigenvalue weighted by molar-refractivity contribution is 5.80. The van der Waals surface area contributed by atoms with Crippen molar-refractivity contribution >= 4 is 17.7 Å². The number of aromatic nitrogens is 4. The minimum Gasteiger partial charge on any atom is -0.353 e. The lowest BCUT2D eigenvalue weighted by Crippen LogP contribution is -2.50. The highest BCUT2D eigenvalue weighted by atomic mass is 16.2. The van der Waals surface area contributed by atoms with Gasteiger partial charge in [0, 0.05) is 63.4 Å². The molecule has 4 rings (SSSR count). The Morgan fingerprint density at radius 2 is 1.78 bits per heavy atom. The van der Waals surface area contributed by atoms with Crippen LogP contribution in [-0.4, -0.2) is 69.8 Å². The van der Waals surface area contributed by atoms with Crippen molar-refractivity contribution in [2.24, 2.45) is 0 Å². The van der Waals surface area contributed by atoms with Gasteiger partial charge in [0.15, 0.2) is 0 Å². The molecule has 0 N–H and O–H groups in total. The summed E-state index contributed by atoms with van der Waals surface area (Å²) in [5, 5.41) is 4.19. The molecule has 27 heavy (non-hydrogen) atoms. The largest absolute Gasteiger partial charge is 0.353 e. The molecule has 2 aliphatic heterocycles. The monoisotopic (exact) mass is 369 g/mol. The van der Waals surface area contributed by atoms with Crippen LogP contribution in [0, 0.1) is 6.92 Å². The van der Waals surface area contributed by atoms with E-state index in [2.05, 4.69) is 19.9 Å². The van der Waals surface area contributed by atoms with Gasteiger partial charge in [-0.25, -0.2) is 4.98 Å². The number of hydrogen-bond donors (Lipinski definition) is 0. The van der Waals surface area contributed by atoms with Crippen molar-refractivity contribution in [3.8, 4) is 0 Å². The quantitative estimate of drug-likeness (QED) is 0.813. The zero-order chi connectivity index (χ0) is 18.8. The molecule has 2 aliphatic rings. The van der Waals surface area contributed by atoms with E-state index in [9.17, 15) is 4.79 Å². The van der Waals surface area contributed by atoms with Gasteiger partial charge in [-0.2, -0.15) is 10.1 Å². The first-order valence-corrected chi connectivity index (χ1v) is 9.75. The third-order valence-corrected chi connectivity index (χ3v) is 5.41. The van der Waals surface area contributed by atoms with Gasteiger partial charge < -0.3 is 14.7 Å². The molecule has 2 fully saturated rings. The fourth-order valence-corrected chi connectivity index (χ4v) is 3.80. The second kappa shape index (κ2) is 7.54. The van der Waals surface area contributed by atoms with Crippen molar-refractivity contribution in [1.29, 1.82) is 0 Å².